The Morgan fingerprint density at radius 3 is 1.68 bits per heavy atom. The average molecular weight is 436 g/mol. The van der Waals surface area contributed by atoms with Gasteiger partial charge in [0.05, 0.1) is 24.2 Å². The summed E-state index contributed by atoms with van der Waals surface area (Å²) in [5.74, 6) is 1.68. The Labute approximate surface area is 186 Å². The quantitative estimate of drug-likeness (QED) is 0.334. The lowest BCUT2D eigenvalue weighted by Gasteiger charge is -2.08. The summed E-state index contributed by atoms with van der Waals surface area (Å²) in [6, 6.07) is 25.4. The lowest BCUT2D eigenvalue weighted by molar-refractivity contribution is 0.297. The molecule has 0 aliphatic heterocycles. The minimum Gasteiger partial charge on any atom is -0.494 e. The Morgan fingerprint density at radius 2 is 1.13 bits per heavy atom. The molecule has 0 unspecified atom stereocenters. The maximum atomic E-state index is 8.73. The smallest absolute Gasteiger partial charge is 0.202 e. The standard InChI is InChI=1S/C25H26ClN3O2/c26-20-12-14-22(15-13-20)31-19-7-17-29-24-11-5-4-10-23(24)28(25(29)27)16-6-18-30-21-8-2-1-3-9-21/h1-5,8-15,27H,6-7,16-19H2. The van der Waals surface area contributed by atoms with E-state index in [1.165, 1.54) is 0 Å². The summed E-state index contributed by atoms with van der Waals surface area (Å²) < 4.78 is 15.7. The fourth-order valence-electron chi connectivity index (χ4n) is 3.62. The minimum absolute atomic E-state index is 0.507. The second-order valence-electron chi connectivity index (χ2n) is 7.29. The molecular weight excluding hydrogens is 410 g/mol. The third-order valence-electron chi connectivity index (χ3n) is 5.12. The number of hydrogen-bond acceptors (Lipinski definition) is 3. The van der Waals surface area contributed by atoms with E-state index in [9.17, 15) is 0 Å². The van der Waals surface area contributed by atoms with Crippen LogP contribution in [0.5, 0.6) is 11.5 Å². The fourth-order valence-corrected chi connectivity index (χ4v) is 3.75. The number of nitrogens with one attached hydrogen (secondary N) is 1. The topological polar surface area (TPSA) is 52.2 Å². The van der Waals surface area contributed by atoms with Gasteiger partial charge in [-0.25, -0.2) is 0 Å². The van der Waals surface area contributed by atoms with Gasteiger partial charge in [-0.05, 0) is 61.4 Å². The molecule has 31 heavy (non-hydrogen) atoms. The van der Waals surface area contributed by atoms with Crippen molar-refractivity contribution < 1.29 is 9.47 Å². The number of fused-ring (bicyclic) bond motifs is 1. The van der Waals surface area contributed by atoms with Gasteiger partial charge in [-0.3, -0.25) is 5.41 Å². The zero-order valence-electron chi connectivity index (χ0n) is 17.3. The van der Waals surface area contributed by atoms with Gasteiger partial charge in [0.15, 0.2) is 0 Å². The molecule has 0 radical (unpaired) electrons. The van der Waals surface area contributed by atoms with Gasteiger partial charge in [0.1, 0.15) is 11.5 Å². The summed E-state index contributed by atoms with van der Waals surface area (Å²) >= 11 is 5.91. The molecule has 4 aromatic rings. The van der Waals surface area contributed by atoms with Gasteiger partial charge in [-0.2, -0.15) is 0 Å². The Hall–Kier alpha value is -3.18. The summed E-state index contributed by atoms with van der Waals surface area (Å²) in [5, 5.41) is 9.43. The highest BCUT2D eigenvalue weighted by Gasteiger charge is 2.10. The van der Waals surface area contributed by atoms with Crippen LogP contribution in [0.2, 0.25) is 5.02 Å². The number of imidazole rings is 1. The van der Waals surface area contributed by atoms with Crippen molar-refractivity contribution in [2.75, 3.05) is 13.2 Å². The zero-order chi connectivity index (χ0) is 21.5. The molecule has 0 amide bonds. The van der Waals surface area contributed by atoms with Gasteiger partial charge >= 0.3 is 0 Å². The van der Waals surface area contributed by atoms with E-state index in [4.69, 9.17) is 26.5 Å². The average Bonchev–Trinajstić information content (AvgIpc) is 3.07. The lowest BCUT2D eigenvalue weighted by Crippen LogP contribution is -2.26. The number of ether oxygens (including phenoxy) is 2. The van der Waals surface area contributed by atoms with E-state index >= 15 is 0 Å². The van der Waals surface area contributed by atoms with Crippen molar-refractivity contribution in [3.05, 3.63) is 89.5 Å². The van der Waals surface area contributed by atoms with Crippen LogP contribution in [0.25, 0.3) is 11.0 Å². The first-order valence-corrected chi connectivity index (χ1v) is 10.9. The summed E-state index contributed by atoms with van der Waals surface area (Å²) in [6.07, 6.45) is 1.64. The van der Waals surface area contributed by atoms with E-state index in [0.717, 1.165) is 48.5 Å². The molecule has 4 rings (SSSR count). The van der Waals surface area contributed by atoms with Crippen LogP contribution in [-0.2, 0) is 13.1 Å². The maximum absolute atomic E-state index is 8.73. The van der Waals surface area contributed by atoms with Crippen molar-refractivity contribution in [1.29, 1.82) is 5.41 Å². The number of halogens is 1. The molecule has 0 saturated carbocycles. The van der Waals surface area contributed by atoms with Crippen LogP contribution in [0.4, 0.5) is 0 Å². The number of para-hydroxylation sites is 3. The second-order valence-corrected chi connectivity index (χ2v) is 7.72. The number of aromatic nitrogens is 2. The molecule has 160 valence electrons. The number of hydrogen-bond donors (Lipinski definition) is 1. The summed E-state index contributed by atoms with van der Waals surface area (Å²) in [4.78, 5) is 0. The fraction of sp³-hybridized carbons (Fsp3) is 0.240. The van der Waals surface area contributed by atoms with Crippen LogP contribution >= 0.6 is 11.6 Å². The molecule has 0 fully saturated rings. The molecule has 0 aliphatic rings. The zero-order valence-corrected chi connectivity index (χ0v) is 18.1. The molecule has 1 heterocycles. The van der Waals surface area contributed by atoms with E-state index in [0.29, 0.717) is 23.9 Å². The van der Waals surface area contributed by atoms with Crippen molar-refractivity contribution in [3.63, 3.8) is 0 Å². The first kappa shape index (κ1) is 21.1. The minimum atomic E-state index is 0.507. The Morgan fingerprint density at radius 1 is 0.645 bits per heavy atom. The second kappa shape index (κ2) is 10.2. The Bertz CT molecular complexity index is 1170. The third kappa shape index (κ3) is 5.30. The van der Waals surface area contributed by atoms with E-state index in [-0.39, 0.29) is 0 Å². The van der Waals surface area contributed by atoms with Gasteiger partial charge in [-0.15, -0.1) is 0 Å². The van der Waals surface area contributed by atoms with Gasteiger partial charge in [-0.1, -0.05) is 41.9 Å². The predicted octanol–water partition coefficient (Wildman–Crippen LogP) is 5.51. The molecule has 0 spiro atoms. The van der Waals surface area contributed by atoms with Crippen molar-refractivity contribution in [3.8, 4) is 11.5 Å². The predicted molar refractivity (Wildman–Crippen MR) is 124 cm³/mol. The number of nitrogens with zero attached hydrogens (tertiary/aromatic N) is 2. The molecular formula is C25H26ClN3O2. The number of aryl methyl sites for hydroxylation is 2. The normalized spacial score (nSPS) is 11.0. The van der Waals surface area contributed by atoms with Gasteiger partial charge < -0.3 is 18.6 Å². The highest BCUT2D eigenvalue weighted by molar-refractivity contribution is 6.30. The molecule has 6 heteroatoms. The van der Waals surface area contributed by atoms with Gasteiger partial charge in [0, 0.05) is 18.1 Å². The maximum Gasteiger partial charge on any atom is 0.202 e. The van der Waals surface area contributed by atoms with Crippen LogP contribution in [0.1, 0.15) is 12.8 Å². The summed E-state index contributed by atoms with van der Waals surface area (Å²) in [6.45, 7) is 2.66. The molecule has 1 N–H and O–H groups in total. The van der Waals surface area contributed by atoms with Crippen LogP contribution in [-0.4, -0.2) is 22.3 Å². The van der Waals surface area contributed by atoms with Crippen LogP contribution in [0.3, 0.4) is 0 Å². The van der Waals surface area contributed by atoms with Crippen LogP contribution in [0, 0.1) is 5.41 Å². The number of benzene rings is 3. The van der Waals surface area contributed by atoms with Crippen molar-refractivity contribution in [2.45, 2.75) is 25.9 Å². The van der Waals surface area contributed by atoms with E-state index in [1.54, 1.807) is 0 Å². The van der Waals surface area contributed by atoms with Crippen LogP contribution < -0.4 is 15.1 Å². The third-order valence-corrected chi connectivity index (χ3v) is 5.37. The summed E-state index contributed by atoms with van der Waals surface area (Å²) in [5.41, 5.74) is 2.65. The molecule has 0 atom stereocenters. The summed E-state index contributed by atoms with van der Waals surface area (Å²) in [7, 11) is 0. The molecule has 1 aromatic heterocycles. The van der Waals surface area contributed by atoms with Crippen LogP contribution in [0.15, 0.2) is 78.9 Å². The largest absolute Gasteiger partial charge is 0.494 e. The van der Waals surface area contributed by atoms with E-state index in [2.05, 4.69) is 21.3 Å². The highest BCUT2D eigenvalue weighted by Crippen LogP contribution is 2.17. The van der Waals surface area contributed by atoms with E-state index < -0.39 is 0 Å². The van der Waals surface area contributed by atoms with Crippen molar-refractivity contribution in [1.82, 2.24) is 9.13 Å². The molecule has 0 saturated heterocycles. The Balaban J connectivity index is 1.37. The van der Waals surface area contributed by atoms with E-state index in [1.807, 2.05) is 66.7 Å². The lowest BCUT2D eigenvalue weighted by atomic mass is 10.3. The molecule has 0 aliphatic carbocycles. The molecule has 5 nitrogen and oxygen atoms in total. The van der Waals surface area contributed by atoms with Gasteiger partial charge in [0.2, 0.25) is 5.62 Å². The Kier molecular flexibility index (Phi) is 6.95. The highest BCUT2D eigenvalue weighted by atomic mass is 35.5. The molecule has 3 aromatic carbocycles. The first-order valence-electron chi connectivity index (χ1n) is 10.5. The molecule has 0 bridgehead atoms. The number of rotatable bonds is 10. The monoisotopic (exact) mass is 435 g/mol. The first-order chi connectivity index (χ1) is 15.2. The van der Waals surface area contributed by atoms with Crippen molar-refractivity contribution in [2.24, 2.45) is 0 Å². The van der Waals surface area contributed by atoms with Crippen molar-refractivity contribution >= 4 is 22.6 Å². The van der Waals surface area contributed by atoms with Gasteiger partial charge in [0.25, 0.3) is 0 Å². The SMILES string of the molecule is N=c1n(CCCOc2ccccc2)c2ccccc2n1CCCOc1ccc(Cl)cc1.